The summed E-state index contributed by atoms with van der Waals surface area (Å²) in [5.74, 6) is 0. The second-order valence-corrected chi connectivity index (χ2v) is 4.35. The molecule has 2 unspecified atom stereocenters. The lowest BCUT2D eigenvalue weighted by Gasteiger charge is -2.27. The number of nitrogens with two attached hydrogens (primary N) is 1. The monoisotopic (exact) mass is 208 g/mol. The van der Waals surface area contributed by atoms with Crippen LogP contribution in [0, 0.1) is 0 Å². The third-order valence-corrected chi connectivity index (χ3v) is 3.04. The van der Waals surface area contributed by atoms with Gasteiger partial charge in [0, 0.05) is 24.8 Å². The Kier molecular flexibility index (Phi) is 3.26. The van der Waals surface area contributed by atoms with Crippen LogP contribution in [0.15, 0.2) is 12.4 Å². The maximum atomic E-state index is 5.95. The van der Waals surface area contributed by atoms with Crippen molar-refractivity contribution in [2.24, 2.45) is 5.73 Å². The van der Waals surface area contributed by atoms with E-state index in [1.54, 1.807) is 0 Å². The van der Waals surface area contributed by atoms with Crippen LogP contribution in [0.25, 0.3) is 0 Å². The van der Waals surface area contributed by atoms with Gasteiger partial charge in [0.2, 0.25) is 0 Å². The van der Waals surface area contributed by atoms with Crippen LogP contribution < -0.4 is 11.1 Å². The van der Waals surface area contributed by atoms with Gasteiger partial charge in [-0.1, -0.05) is 0 Å². The Balaban J connectivity index is 1.90. The van der Waals surface area contributed by atoms with E-state index in [1.165, 1.54) is 19.3 Å². The quantitative estimate of drug-likeness (QED) is 0.793. The molecule has 1 aliphatic rings. The molecule has 0 aromatic carbocycles. The molecule has 4 heteroatoms. The van der Waals surface area contributed by atoms with Gasteiger partial charge in [-0.25, -0.2) is 0 Å². The molecule has 1 saturated carbocycles. The lowest BCUT2D eigenvalue weighted by Crippen LogP contribution is -2.34. The molecule has 2 atom stereocenters. The lowest BCUT2D eigenvalue weighted by molar-refractivity contribution is 0.409. The minimum Gasteiger partial charge on any atom is -0.380 e. The van der Waals surface area contributed by atoms with Crippen molar-refractivity contribution >= 4 is 5.69 Å². The maximum Gasteiger partial charge on any atom is 0.0728 e. The van der Waals surface area contributed by atoms with Crippen molar-refractivity contribution in [3.05, 3.63) is 12.4 Å². The number of anilines is 1. The molecule has 0 spiro atoms. The van der Waals surface area contributed by atoms with Crippen LogP contribution in [0.4, 0.5) is 5.69 Å². The van der Waals surface area contributed by atoms with Crippen molar-refractivity contribution in [1.82, 2.24) is 9.78 Å². The van der Waals surface area contributed by atoms with Crippen LogP contribution in [0.1, 0.15) is 32.6 Å². The van der Waals surface area contributed by atoms with Gasteiger partial charge in [0.25, 0.3) is 0 Å². The Morgan fingerprint density at radius 2 is 2.47 bits per heavy atom. The highest BCUT2D eigenvalue weighted by molar-refractivity contribution is 5.39. The Labute approximate surface area is 90.8 Å². The molecule has 4 nitrogen and oxygen atoms in total. The topological polar surface area (TPSA) is 55.9 Å². The maximum absolute atomic E-state index is 5.95. The largest absolute Gasteiger partial charge is 0.380 e. The molecule has 1 aliphatic carbocycles. The number of nitrogens with zero attached hydrogens (tertiary/aromatic N) is 2. The summed E-state index contributed by atoms with van der Waals surface area (Å²) in [7, 11) is 0. The number of rotatable bonds is 3. The van der Waals surface area contributed by atoms with Gasteiger partial charge >= 0.3 is 0 Å². The Morgan fingerprint density at radius 1 is 1.60 bits per heavy atom. The van der Waals surface area contributed by atoms with Gasteiger partial charge in [-0.05, 0) is 32.6 Å². The molecule has 1 aromatic heterocycles. The summed E-state index contributed by atoms with van der Waals surface area (Å²) in [5.41, 5.74) is 7.07. The normalized spacial score (nSPS) is 26.5. The molecule has 0 radical (unpaired) electrons. The summed E-state index contributed by atoms with van der Waals surface area (Å²) in [6, 6.07) is 0.903. The van der Waals surface area contributed by atoms with E-state index < -0.39 is 0 Å². The van der Waals surface area contributed by atoms with Gasteiger partial charge in [-0.15, -0.1) is 0 Å². The van der Waals surface area contributed by atoms with Gasteiger partial charge in [0.15, 0.2) is 0 Å². The molecule has 1 aromatic rings. The number of aromatic nitrogens is 2. The van der Waals surface area contributed by atoms with Gasteiger partial charge in [-0.2, -0.15) is 5.10 Å². The minimum absolute atomic E-state index is 0.373. The van der Waals surface area contributed by atoms with Crippen molar-refractivity contribution in [3.8, 4) is 0 Å². The first-order chi connectivity index (χ1) is 7.28. The van der Waals surface area contributed by atoms with Crippen molar-refractivity contribution < 1.29 is 0 Å². The zero-order valence-corrected chi connectivity index (χ0v) is 9.32. The molecular weight excluding hydrogens is 188 g/mol. The SMILES string of the molecule is CCn1cc(NC2CCCC(N)C2)cn1. The highest BCUT2D eigenvalue weighted by atomic mass is 15.3. The third-order valence-electron chi connectivity index (χ3n) is 3.04. The van der Waals surface area contributed by atoms with Crippen molar-refractivity contribution in [2.75, 3.05) is 5.32 Å². The molecule has 15 heavy (non-hydrogen) atoms. The van der Waals surface area contributed by atoms with Crippen LogP contribution in [-0.4, -0.2) is 21.9 Å². The highest BCUT2D eigenvalue weighted by Gasteiger charge is 2.19. The summed E-state index contributed by atoms with van der Waals surface area (Å²) >= 11 is 0. The van der Waals surface area contributed by atoms with Crippen LogP contribution in [0.2, 0.25) is 0 Å². The molecule has 0 amide bonds. The predicted molar refractivity (Wildman–Crippen MR) is 61.8 cm³/mol. The van der Waals surface area contributed by atoms with Crippen LogP contribution in [0.3, 0.4) is 0 Å². The van der Waals surface area contributed by atoms with Gasteiger partial charge in [-0.3, -0.25) is 4.68 Å². The van der Waals surface area contributed by atoms with Crippen LogP contribution >= 0.6 is 0 Å². The Hall–Kier alpha value is -1.03. The second-order valence-electron chi connectivity index (χ2n) is 4.35. The average molecular weight is 208 g/mol. The number of aryl methyl sites for hydroxylation is 1. The minimum atomic E-state index is 0.373. The lowest BCUT2D eigenvalue weighted by atomic mass is 9.91. The molecule has 0 saturated heterocycles. The van der Waals surface area contributed by atoms with E-state index in [4.69, 9.17) is 5.73 Å². The standard InChI is InChI=1S/C11H20N4/c1-2-15-8-11(7-13-15)14-10-5-3-4-9(12)6-10/h7-10,14H,2-6,12H2,1H3. The predicted octanol–water partition coefficient (Wildman–Crippen LogP) is 1.58. The molecule has 0 aliphatic heterocycles. The Morgan fingerprint density at radius 3 is 3.13 bits per heavy atom. The highest BCUT2D eigenvalue weighted by Crippen LogP contribution is 2.20. The molecular formula is C11H20N4. The first kappa shape index (κ1) is 10.5. The van der Waals surface area contributed by atoms with Gasteiger partial charge in [0.05, 0.1) is 11.9 Å². The summed E-state index contributed by atoms with van der Waals surface area (Å²) in [4.78, 5) is 0. The zero-order valence-electron chi connectivity index (χ0n) is 9.32. The molecule has 0 bridgehead atoms. The molecule has 1 fully saturated rings. The zero-order chi connectivity index (χ0) is 10.7. The first-order valence-electron chi connectivity index (χ1n) is 5.82. The van der Waals surface area contributed by atoms with Crippen molar-refractivity contribution in [2.45, 2.75) is 51.2 Å². The molecule has 2 rings (SSSR count). The fourth-order valence-electron chi connectivity index (χ4n) is 2.21. The van der Waals surface area contributed by atoms with Crippen LogP contribution in [-0.2, 0) is 6.54 Å². The summed E-state index contributed by atoms with van der Waals surface area (Å²) in [5, 5.41) is 7.74. The van der Waals surface area contributed by atoms with E-state index in [-0.39, 0.29) is 0 Å². The average Bonchev–Trinajstić information content (AvgIpc) is 2.65. The van der Waals surface area contributed by atoms with E-state index in [0.29, 0.717) is 12.1 Å². The van der Waals surface area contributed by atoms with E-state index in [0.717, 1.165) is 18.7 Å². The van der Waals surface area contributed by atoms with Crippen molar-refractivity contribution in [3.63, 3.8) is 0 Å². The summed E-state index contributed by atoms with van der Waals surface area (Å²) in [6.07, 6.45) is 8.67. The van der Waals surface area contributed by atoms with E-state index in [2.05, 4.69) is 23.5 Å². The second kappa shape index (κ2) is 4.66. The molecule has 3 N–H and O–H groups in total. The number of nitrogens with one attached hydrogen (secondary N) is 1. The molecule has 84 valence electrons. The summed E-state index contributed by atoms with van der Waals surface area (Å²) in [6.45, 7) is 3.01. The third kappa shape index (κ3) is 2.72. The van der Waals surface area contributed by atoms with Gasteiger partial charge < -0.3 is 11.1 Å². The fraction of sp³-hybridized carbons (Fsp3) is 0.727. The van der Waals surface area contributed by atoms with E-state index in [1.807, 2.05) is 10.9 Å². The number of hydrogen-bond donors (Lipinski definition) is 2. The fourth-order valence-corrected chi connectivity index (χ4v) is 2.21. The van der Waals surface area contributed by atoms with Gasteiger partial charge in [0.1, 0.15) is 0 Å². The summed E-state index contributed by atoms with van der Waals surface area (Å²) < 4.78 is 1.94. The molecule has 1 heterocycles. The first-order valence-corrected chi connectivity index (χ1v) is 5.82. The number of hydrogen-bond acceptors (Lipinski definition) is 3. The van der Waals surface area contributed by atoms with Crippen molar-refractivity contribution in [1.29, 1.82) is 0 Å². The Bertz CT molecular complexity index is 307. The van der Waals surface area contributed by atoms with Crippen LogP contribution in [0.5, 0.6) is 0 Å². The van der Waals surface area contributed by atoms with E-state index in [9.17, 15) is 0 Å². The van der Waals surface area contributed by atoms with E-state index >= 15 is 0 Å². The smallest absolute Gasteiger partial charge is 0.0728 e.